The molecule has 0 saturated carbocycles. The first-order valence-electron chi connectivity index (χ1n) is 5.41. The predicted octanol–water partition coefficient (Wildman–Crippen LogP) is 1.42. The van der Waals surface area contributed by atoms with E-state index < -0.39 is 0 Å². The van der Waals surface area contributed by atoms with Crippen molar-refractivity contribution in [3.8, 4) is 12.1 Å². The number of nitriles is 2. The van der Waals surface area contributed by atoms with Crippen molar-refractivity contribution in [1.82, 2.24) is 10.1 Å². The third-order valence-corrected chi connectivity index (χ3v) is 3.43. The molecule has 2 aromatic heterocycles. The van der Waals surface area contributed by atoms with E-state index in [1.807, 2.05) is 12.1 Å². The van der Waals surface area contributed by atoms with E-state index in [0.717, 1.165) is 0 Å². The molecule has 19 heavy (non-hydrogen) atoms. The van der Waals surface area contributed by atoms with E-state index in [2.05, 4.69) is 15.5 Å². The van der Waals surface area contributed by atoms with Gasteiger partial charge in [0.15, 0.2) is 5.82 Å². The molecule has 2 aromatic rings. The summed E-state index contributed by atoms with van der Waals surface area (Å²) in [6.07, 6.45) is 0.557. The Labute approximate surface area is 113 Å². The van der Waals surface area contributed by atoms with Crippen molar-refractivity contribution in [3.63, 3.8) is 0 Å². The Morgan fingerprint density at radius 1 is 1.42 bits per heavy atom. The number of anilines is 2. The fourth-order valence-electron chi connectivity index (χ4n) is 1.49. The number of hydrogen-bond acceptors (Lipinski definition) is 8. The fraction of sp³-hybridized carbons (Fsp3) is 0.273. The van der Waals surface area contributed by atoms with Crippen molar-refractivity contribution in [3.05, 3.63) is 22.2 Å². The lowest BCUT2D eigenvalue weighted by atomic mass is 10.2. The number of aromatic nitrogens is 2. The van der Waals surface area contributed by atoms with Crippen LogP contribution in [0, 0.1) is 29.6 Å². The number of rotatable bonds is 4. The highest BCUT2D eigenvalue weighted by Gasteiger charge is 2.15. The average Bonchev–Trinajstić information content (AvgIpc) is 2.93. The first-order valence-corrected chi connectivity index (χ1v) is 6.23. The lowest BCUT2D eigenvalue weighted by Gasteiger charge is -2.01. The van der Waals surface area contributed by atoms with Crippen LogP contribution in [-0.4, -0.2) is 16.7 Å². The van der Waals surface area contributed by atoms with Crippen molar-refractivity contribution in [2.24, 2.45) is 0 Å². The summed E-state index contributed by atoms with van der Waals surface area (Å²) in [4.78, 5) is 4.41. The Morgan fingerprint density at radius 2 is 2.21 bits per heavy atom. The van der Waals surface area contributed by atoms with Gasteiger partial charge in [-0.15, -0.1) is 11.3 Å². The summed E-state index contributed by atoms with van der Waals surface area (Å²) in [6, 6.07) is 3.96. The lowest BCUT2D eigenvalue weighted by Crippen LogP contribution is -2.06. The second-order valence-corrected chi connectivity index (χ2v) is 4.70. The standard InChI is InChI=1S/C11H10N6OS/c1-6-16-9(17-18-6)2-3-15-11-7(4-12)10(14)8(5-13)19-11/h15H,2-3,14H2,1H3. The molecule has 2 heterocycles. The van der Waals surface area contributed by atoms with Gasteiger partial charge in [0, 0.05) is 19.9 Å². The maximum Gasteiger partial charge on any atom is 0.223 e. The van der Waals surface area contributed by atoms with Crippen LogP contribution >= 0.6 is 11.3 Å². The van der Waals surface area contributed by atoms with Crippen LogP contribution in [0.2, 0.25) is 0 Å². The number of thiophene rings is 1. The van der Waals surface area contributed by atoms with Crippen LogP contribution in [0.3, 0.4) is 0 Å². The normalized spacial score (nSPS) is 9.84. The predicted molar refractivity (Wildman–Crippen MR) is 69.4 cm³/mol. The highest BCUT2D eigenvalue weighted by molar-refractivity contribution is 7.17. The zero-order chi connectivity index (χ0) is 13.8. The van der Waals surface area contributed by atoms with E-state index in [9.17, 15) is 0 Å². The maximum absolute atomic E-state index is 9.02. The summed E-state index contributed by atoms with van der Waals surface area (Å²) >= 11 is 1.17. The van der Waals surface area contributed by atoms with E-state index in [-0.39, 0.29) is 5.69 Å². The van der Waals surface area contributed by atoms with Crippen LogP contribution in [0.15, 0.2) is 4.52 Å². The van der Waals surface area contributed by atoms with E-state index in [4.69, 9.17) is 20.8 Å². The molecule has 0 aromatic carbocycles. The van der Waals surface area contributed by atoms with Crippen LogP contribution in [0.25, 0.3) is 0 Å². The minimum absolute atomic E-state index is 0.230. The molecule has 2 rings (SSSR count). The first kappa shape index (κ1) is 12.9. The van der Waals surface area contributed by atoms with Crippen molar-refractivity contribution in [2.75, 3.05) is 17.6 Å². The van der Waals surface area contributed by atoms with Crippen LogP contribution < -0.4 is 11.1 Å². The zero-order valence-corrected chi connectivity index (χ0v) is 10.9. The average molecular weight is 274 g/mol. The van der Waals surface area contributed by atoms with Crippen molar-refractivity contribution >= 4 is 22.0 Å². The number of nitrogens with one attached hydrogen (secondary N) is 1. The maximum atomic E-state index is 9.02. The molecule has 0 amide bonds. The van der Waals surface area contributed by atoms with Gasteiger partial charge in [0.2, 0.25) is 5.89 Å². The van der Waals surface area contributed by atoms with Gasteiger partial charge in [-0.05, 0) is 0 Å². The summed E-state index contributed by atoms with van der Waals surface area (Å²) in [6.45, 7) is 2.25. The minimum Gasteiger partial charge on any atom is -0.396 e. The molecule has 0 aliphatic heterocycles. The number of nitrogen functional groups attached to an aromatic ring is 1. The SMILES string of the molecule is Cc1nc(CCNc2sc(C#N)c(N)c2C#N)no1. The molecule has 3 N–H and O–H groups in total. The smallest absolute Gasteiger partial charge is 0.223 e. The van der Waals surface area contributed by atoms with E-state index >= 15 is 0 Å². The van der Waals surface area contributed by atoms with Gasteiger partial charge < -0.3 is 15.6 Å². The number of nitrogens with two attached hydrogens (primary N) is 1. The van der Waals surface area contributed by atoms with Crippen molar-refractivity contribution in [2.45, 2.75) is 13.3 Å². The van der Waals surface area contributed by atoms with Gasteiger partial charge in [-0.25, -0.2) is 0 Å². The Morgan fingerprint density at radius 3 is 2.79 bits per heavy atom. The molecule has 0 saturated heterocycles. The highest BCUT2D eigenvalue weighted by Crippen LogP contribution is 2.34. The third-order valence-electron chi connectivity index (χ3n) is 2.36. The third kappa shape index (κ3) is 2.64. The molecule has 0 fully saturated rings. The van der Waals surface area contributed by atoms with Crippen LogP contribution in [0.5, 0.6) is 0 Å². The fourth-order valence-corrected chi connectivity index (χ4v) is 2.39. The zero-order valence-electron chi connectivity index (χ0n) is 10.1. The molecule has 7 nitrogen and oxygen atoms in total. The van der Waals surface area contributed by atoms with Gasteiger partial charge in [-0.1, -0.05) is 5.16 Å². The van der Waals surface area contributed by atoms with Crippen LogP contribution in [-0.2, 0) is 6.42 Å². The Bertz CT molecular complexity index is 674. The molecule has 0 unspecified atom stereocenters. The molecule has 96 valence electrons. The lowest BCUT2D eigenvalue weighted by molar-refractivity contribution is 0.387. The molecular weight excluding hydrogens is 264 g/mol. The number of hydrogen-bond donors (Lipinski definition) is 2. The Balaban J connectivity index is 2.04. The molecule has 0 spiro atoms. The van der Waals surface area contributed by atoms with Gasteiger partial charge in [-0.3, -0.25) is 0 Å². The molecule has 0 aliphatic carbocycles. The molecule has 0 atom stereocenters. The van der Waals surface area contributed by atoms with Crippen molar-refractivity contribution in [1.29, 1.82) is 10.5 Å². The molecule has 0 aliphatic rings. The van der Waals surface area contributed by atoms with Gasteiger partial charge in [0.1, 0.15) is 27.6 Å². The quantitative estimate of drug-likeness (QED) is 0.863. The molecule has 0 bridgehead atoms. The topological polar surface area (TPSA) is 125 Å². The van der Waals surface area contributed by atoms with Gasteiger partial charge in [0.25, 0.3) is 0 Å². The summed E-state index contributed by atoms with van der Waals surface area (Å²) in [5.41, 5.74) is 6.24. The monoisotopic (exact) mass is 274 g/mol. The van der Waals surface area contributed by atoms with Gasteiger partial charge >= 0.3 is 0 Å². The molecule has 0 radical (unpaired) electrons. The summed E-state index contributed by atoms with van der Waals surface area (Å²) < 4.78 is 4.85. The van der Waals surface area contributed by atoms with Gasteiger partial charge in [0.05, 0.1) is 5.69 Å². The largest absolute Gasteiger partial charge is 0.396 e. The Kier molecular flexibility index (Phi) is 3.64. The van der Waals surface area contributed by atoms with E-state index in [1.54, 1.807) is 6.92 Å². The highest BCUT2D eigenvalue weighted by atomic mass is 32.1. The minimum atomic E-state index is 0.230. The van der Waals surface area contributed by atoms with Crippen LogP contribution in [0.1, 0.15) is 22.2 Å². The van der Waals surface area contributed by atoms with Crippen molar-refractivity contribution < 1.29 is 4.52 Å². The second-order valence-electron chi connectivity index (χ2n) is 3.68. The second kappa shape index (κ2) is 5.38. The number of nitrogens with zero attached hydrogens (tertiary/aromatic N) is 4. The van der Waals surface area contributed by atoms with E-state index in [0.29, 0.717) is 40.1 Å². The molecular formula is C11H10N6OS. The number of aryl methyl sites for hydroxylation is 1. The first-order chi connectivity index (χ1) is 9.15. The van der Waals surface area contributed by atoms with E-state index in [1.165, 1.54) is 11.3 Å². The molecule has 8 heteroatoms. The Hall–Kier alpha value is -2.58. The summed E-state index contributed by atoms with van der Waals surface area (Å²) in [5, 5.41) is 25.3. The van der Waals surface area contributed by atoms with Gasteiger partial charge in [-0.2, -0.15) is 15.5 Å². The summed E-state index contributed by atoms with van der Waals surface area (Å²) in [7, 11) is 0. The summed E-state index contributed by atoms with van der Waals surface area (Å²) in [5.74, 6) is 1.10. The van der Waals surface area contributed by atoms with Crippen LogP contribution in [0.4, 0.5) is 10.7 Å².